The molecule has 0 radical (unpaired) electrons. The monoisotopic (exact) mass is 383 g/mol. The molecule has 0 unspecified atom stereocenters. The van der Waals surface area contributed by atoms with Crippen molar-refractivity contribution in [2.45, 2.75) is 24.3 Å². The number of carbonyl (C=O) groups is 2. The van der Waals surface area contributed by atoms with Crippen LogP contribution in [0.4, 0.5) is 5.69 Å². The number of amides is 2. The first-order valence-electron chi connectivity index (χ1n) is 8.56. The zero-order chi connectivity index (χ0) is 19.4. The van der Waals surface area contributed by atoms with Gasteiger partial charge in [0, 0.05) is 12.7 Å². The number of rotatable bonds is 6. The summed E-state index contributed by atoms with van der Waals surface area (Å²) >= 11 is 1.24. The molecule has 7 heteroatoms. The van der Waals surface area contributed by atoms with Gasteiger partial charge in [-0.2, -0.15) is 0 Å². The number of carbonyl (C=O) groups excluding carboxylic acids is 2. The molecule has 2 aromatic carbocycles. The minimum Gasteiger partial charge on any atom is -0.431 e. The highest BCUT2D eigenvalue weighted by molar-refractivity contribution is 8.00. The standard InChI is InChI=1S/C20H21N3O3S/c1-13-8-10-15(11-9-13)21-18(24)12-23(3)19(25)14(2)27-20-22-16-6-4-5-7-17(16)26-20/h4-11,14H,12H2,1-3H3,(H,21,24)/t14-/m0/s1. The summed E-state index contributed by atoms with van der Waals surface area (Å²) in [5.74, 6) is -0.407. The van der Waals surface area contributed by atoms with Crippen LogP contribution in [0.1, 0.15) is 12.5 Å². The minimum atomic E-state index is -0.421. The lowest BCUT2D eigenvalue weighted by atomic mass is 10.2. The van der Waals surface area contributed by atoms with Crippen LogP contribution in [-0.2, 0) is 9.59 Å². The molecule has 0 aliphatic carbocycles. The van der Waals surface area contributed by atoms with Crippen LogP contribution in [0.5, 0.6) is 0 Å². The minimum absolute atomic E-state index is 0.0227. The van der Waals surface area contributed by atoms with Crippen molar-refractivity contribution in [2.24, 2.45) is 0 Å². The van der Waals surface area contributed by atoms with Crippen molar-refractivity contribution in [1.82, 2.24) is 9.88 Å². The maximum absolute atomic E-state index is 12.6. The van der Waals surface area contributed by atoms with E-state index in [2.05, 4.69) is 10.3 Å². The van der Waals surface area contributed by atoms with Crippen molar-refractivity contribution in [3.8, 4) is 0 Å². The molecule has 0 fully saturated rings. The number of para-hydroxylation sites is 2. The lowest BCUT2D eigenvalue weighted by molar-refractivity contribution is -0.132. The third-order valence-electron chi connectivity index (χ3n) is 3.99. The van der Waals surface area contributed by atoms with Crippen molar-refractivity contribution in [2.75, 3.05) is 18.9 Å². The number of hydrogen-bond acceptors (Lipinski definition) is 5. The highest BCUT2D eigenvalue weighted by atomic mass is 32.2. The Morgan fingerprint density at radius 2 is 1.89 bits per heavy atom. The third-order valence-corrected chi connectivity index (χ3v) is 4.92. The van der Waals surface area contributed by atoms with Gasteiger partial charge in [0.15, 0.2) is 5.58 Å². The molecule has 1 aromatic heterocycles. The number of nitrogens with zero attached hydrogens (tertiary/aromatic N) is 2. The number of fused-ring (bicyclic) bond motifs is 1. The lowest BCUT2D eigenvalue weighted by Gasteiger charge is -2.20. The van der Waals surface area contributed by atoms with Crippen LogP contribution >= 0.6 is 11.8 Å². The van der Waals surface area contributed by atoms with E-state index in [9.17, 15) is 9.59 Å². The van der Waals surface area contributed by atoms with E-state index in [0.717, 1.165) is 11.1 Å². The van der Waals surface area contributed by atoms with Crippen LogP contribution in [0, 0.1) is 6.92 Å². The molecule has 1 heterocycles. The molecule has 27 heavy (non-hydrogen) atoms. The van der Waals surface area contributed by atoms with E-state index >= 15 is 0 Å². The Bertz CT molecular complexity index is 920. The predicted octanol–water partition coefficient (Wildman–Crippen LogP) is 3.71. The van der Waals surface area contributed by atoms with E-state index in [1.807, 2.05) is 55.5 Å². The Morgan fingerprint density at radius 1 is 1.19 bits per heavy atom. The van der Waals surface area contributed by atoms with Gasteiger partial charge in [0.2, 0.25) is 11.8 Å². The molecule has 3 rings (SSSR count). The summed E-state index contributed by atoms with van der Waals surface area (Å²) in [6, 6.07) is 15.0. The number of anilines is 1. The SMILES string of the molecule is Cc1ccc(NC(=O)CN(C)C(=O)[C@H](C)Sc2nc3ccccc3o2)cc1. The van der Waals surface area contributed by atoms with Crippen molar-refractivity contribution < 1.29 is 14.0 Å². The fraction of sp³-hybridized carbons (Fsp3) is 0.250. The summed E-state index contributed by atoms with van der Waals surface area (Å²) in [5.41, 5.74) is 3.27. The Hall–Kier alpha value is -2.80. The number of benzene rings is 2. The maximum atomic E-state index is 12.6. The molecule has 0 aliphatic heterocycles. The summed E-state index contributed by atoms with van der Waals surface area (Å²) in [7, 11) is 1.61. The predicted molar refractivity (Wildman–Crippen MR) is 107 cm³/mol. The van der Waals surface area contributed by atoms with Gasteiger partial charge in [0.1, 0.15) is 5.52 Å². The summed E-state index contributed by atoms with van der Waals surface area (Å²) in [6.07, 6.45) is 0. The van der Waals surface area contributed by atoms with Crippen LogP contribution in [-0.4, -0.2) is 40.5 Å². The summed E-state index contributed by atoms with van der Waals surface area (Å²) < 4.78 is 5.64. The molecule has 0 saturated heterocycles. The molecule has 1 atom stereocenters. The average molecular weight is 383 g/mol. The molecule has 0 aliphatic rings. The van der Waals surface area contributed by atoms with E-state index in [4.69, 9.17) is 4.42 Å². The van der Waals surface area contributed by atoms with Crippen LogP contribution in [0.2, 0.25) is 0 Å². The molecule has 0 spiro atoms. The van der Waals surface area contributed by atoms with Gasteiger partial charge in [-0.25, -0.2) is 4.98 Å². The normalized spacial score (nSPS) is 12.0. The highest BCUT2D eigenvalue weighted by Crippen LogP contribution is 2.27. The second-order valence-electron chi connectivity index (χ2n) is 6.32. The zero-order valence-electron chi connectivity index (χ0n) is 15.4. The molecule has 3 aromatic rings. The number of aryl methyl sites for hydroxylation is 1. The number of likely N-dealkylation sites (N-methyl/N-ethyl adjacent to an activating group) is 1. The van der Waals surface area contributed by atoms with Gasteiger partial charge in [-0.1, -0.05) is 41.6 Å². The van der Waals surface area contributed by atoms with E-state index in [0.29, 0.717) is 16.5 Å². The number of thioether (sulfide) groups is 1. The molecule has 2 amide bonds. The van der Waals surface area contributed by atoms with Gasteiger partial charge in [-0.15, -0.1) is 0 Å². The second kappa shape index (κ2) is 8.26. The van der Waals surface area contributed by atoms with Crippen molar-refractivity contribution in [3.63, 3.8) is 0 Å². The Morgan fingerprint density at radius 3 is 2.59 bits per heavy atom. The summed E-state index contributed by atoms with van der Waals surface area (Å²) in [5, 5.41) is 2.81. The third kappa shape index (κ3) is 4.89. The number of aromatic nitrogens is 1. The fourth-order valence-corrected chi connectivity index (χ4v) is 3.42. The quantitative estimate of drug-likeness (QED) is 0.657. The first-order chi connectivity index (χ1) is 12.9. The summed E-state index contributed by atoms with van der Waals surface area (Å²) in [6.45, 7) is 3.73. The van der Waals surface area contributed by atoms with Crippen molar-refractivity contribution in [1.29, 1.82) is 0 Å². The van der Waals surface area contributed by atoms with Crippen molar-refractivity contribution in [3.05, 3.63) is 54.1 Å². The first kappa shape index (κ1) is 19.0. The molecule has 0 saturated carbocycles. The second-order valence-corrected chi connectivity index (χ2v) is 7.61. The topological polar surface area (TPSA) is 75.4 Å². The number of nitrogens with one attached hydrogen (secondary N) is 1. The smallest absolute Gasteiger partial charge is 0.257 e. The number of oxazole rings is 1. The Labute approximate surface area is 161 Å². The lowest BCUT2D eigenvalue weighted by Crippen LogP contribution is -2.38. The van der Waals surface area contributed by atoms with E-state index in [1.54, 1.807) is 14.0 Å². The van der Waals surface area contributed by atoms with Gasteiger partial charge in [-0.3, -0.25) is 9.59 Å². The van der Waals surface area contributed by atoms with E-state index in [1.165, 1.54) is 16.7 Å². The van der Waals surface area contributed by atoms with Crippen LogP contribution in [0.15, 0.2) is 58.2 Å². The molecule has 1 N–H and O–H groups in total. The molecule has 6 nitrogen and oxygen atoms in total. The summed E-state index contributed by atoms with van der Waals surface area (Å²) in [4.78, 5) is 30.5. The van der Waals surface area contributed by atoms with Crippen LogP contribution in [0.25, 0.3) is 11.1 Å². The van der Waals surface area contributed by atoms with Gasteiger partial charge < -0.3 is 14.6 Å². The van der Waals surface area contributed by atoms with Gasteiger partial charge in [0.25, 0.3) is 5.22 Å². The fourth-order valence-electron chi connectivity index (χ4n) is 2.54. The Kier molecular flexibility index (Phi) is 5.81. The Balaban J connectivity index is 1.55. The molecule has 140 valence electrons. The van der Waals surface area contributed by atoms with E-state index in [-0.39, 0.29) is 18.4 Å². The molecule has 0 bridgehead atoms. The van der Waals surface area contributed by atoms with Crippen LogP contribution < -0.4 is 5.32 Å². The van der Waals surface area contributed by atoms with Crippen molar-refractivity contribution >= 4 is 40.4 Å². The first-order valence-corrected chi connectivity index (χ1v) is 9.44. The highest BCUT2D eigenvalue weighted by Gasteiger charge is 2.22. The molecular formula is C20H21N3O3S. The van der Waals surface area contributed by atoms with Gasteiger partial charge in [0.05, 0.1) is 11.8 Å². The maximum Gasteiger partial charge on any atom is 0.257 e. The zero-order valence-corrected chi connectivity index (χ0v) is 16.2. The van der Waals surface area contributed by atoms with E-state index < -0.39 is 5.25 Å². The number of hydrogen-bond donors (Lipinski definition) is 1. The van der Waals surface area contributed by atoms with Gasteiger partial charge >= 0.3 is 0 Å². The molecular weight excluding hydrogens is 362 g/mol. The largest absolute Gasteiger partial charge is 0.431 e. The van der Waals surface area contributed by atoms with Crippen LogP contribution in [0.3, 0.4) is 0 Å². The average Bonchev–Trinajstić information content (AvgIpc) is 3.05. The van der Waals surface area contributed by atoms with Gasteiger partial charge in [-0.05, 0) is 38.1 Å².